The van der Waals surface area contributed by atoms with Gasteiger partial charge in [-0.1, -0.05) is 35.6 Å². The molecule has 0 atom stereocenters. The lowest BCUT2D eigenvalue weighted by atomic mass is 9.99. The summed E-state index contributed by atoms with van der Waals surface area (Å²) in [5.41, 5.74) is 21.6. The summed E-state index contributed by atoms with van der Waals surface area (Å²) in [6, 6.07) is 13.7. The molecule has 3 heterocycles. The Bertz CT molecular complexity index is 1730. The number of primary amides is 2. The number of likely N-dealkylation sites (N-methyl/N-ethyl adjacent to an activating group) is 1. The maximum atomic E-state index is 13.1. The molecule has 0 saturated carbocycles. The predicted octanol–water partition coefficient (Wildman–Crippen LogP) is 3.33. The molecule has 4 aromatic rings. The van der Waals surface area contributed by atoms with Crippen LogP contribution in [0.4, 0.5) is 16.4 Å². The number of halogens is 1. The van der Waals surface area contributed by atoms with Gasteiger partial charge in [-0.3, -0.25) is 9.36 Å². The molecule has 1 saturated heterocycles. The van der Waals surface area contributed by atoms with Crippen molar-refractivity contribution in [3.8, 4) is 34.5 Å². The van der Waals surface area contributed by atoms with Crippen LogP contribution in [-0.4, -0.2) is 64.6 Å². The predicted molar refractivity (Wildman–Crippen MR) is 161 cm³/mol. The van der Waals surface area contributed by atoms with Gasteiger partial charge in [0.25, 0.3) is 5.91 Å². The Morgan fingerprint density at radius 2 is 1.73 bits per heavy atom. The molecule has 11 heteroatoms. The van der Waals surface area contributed by atoms with E-state index in [1.807, 2.05) is 31.2 Å². The van der Waals surface area contributed by atoms with Crippen molar-refractivity contribution in [3.63, 3.8) is 0 Å². The standard InChI is InChI=1S/C30H29ClN8O2/c1-18-6-8-20(31)17-23(18)27-25(28(32)40)22(26(39(27)30(34)41)24-10-11-35-29(33)36-24)9-7-19-4-3-5-21(16-19)38-14-12-37(2)13-15-38/h3-6,8,10-11,16-17H,12-15H2,1-2H3,(H2,32,40)(H2,34,41)(H2,33,35,36). The monoisotopic (exact) mass is 568 g/mol. The average molecular weight is 569 g/mol. The molecular weight excluding hydrogens is 540 g/mol. The van der Waals surface area contributed by atoms with Crippen molar-refractivity contribution in [1.29, 1.82) is 0 Å². The first kappa shape index (κ1) is 27.7. The Hall–Kier alpha value is -4.85. The number of hydrogen-bond acceptors (Lipinski definition) is 7. The SMILES string of the molecule is Cc1ccc(Cl)cc1-c1c(C(N)=O)c(C#Cc2cccc(N3CCN(C)CC3)c2)c(-c2ccnc(N)n2)n1C(N)=O. The highest BCUT2D eigenvalue weighted by Crippen LogP contribution is 2.38. The first-order valence-electron chi connectivity index (χ1n) is 12.9. The van der Waals surface area contributed by atoms with E-state index in [-0.39, 0.29) is 34.2 Å². The quantitative estimate of drug-likeness (QED) is 0.320. The number of benzene rings is 2. The number of piperazine rings is 1. The van der Waals surface area contributed by atoms with E-state index in [9.17, 15) is 9.59 Å². The molecule has 0 bridgehead atoms. The Kier molecular flexibility index (Phi) is 7.66. The van der Waals surface area contributed by atoms with Crippen molar-refractivity contribution in [3.05, 3.63) is 82.0 Å². The molecule has 0 spiro atoms. The second-order valence-electron chi connectivity index (χ2n) is 9.84. The molecule has 1 fully saturated rings. The number of hydrogen-bond donors (Lipinski definition) is 3. The van der Waals surface area contributed by atoms with Crippen LogP contribution in [0.15, 0.2) is 54.7 Å². The van der Waals surface area contributed by atoms with Crippen LogP contribution in [0, 0.1) is 18.8 Å². The molecule has 41 heavy (non-hydrogen) atoms. The molecule has 0 unspecified atom stereocenters. The lowest BCUT2D eigenvalue weighted by molar-refractivity contribution is 0.100. The number of carbonyl (C=O) groups is 2. The molecule has 1 aliphatic rings. The number of nitrogen functional groups attached to an aromatic ring is 1. The number of aryl methyl sites for hydroxylation is 1. The highest BCUT2D eigenvalue weighted by Gasteiger charge is 2.31. The van der Waals surface area contributed by atoms with Crippen LogP contribution in [0.5, 0.6) is 0 Å². The molecule has 5 rings (SSSR count). The van der Waals surface area contributed by atoms with Gasteiger partial charge >= 0.3 is 6.03 Å². The fraction of sp³-hybridized carbons (Fsp3) is 0.200. The Balaban J connectivity index is 1.76. The molecule has 10 nitrogen and oxygen atoms in total. The molecule has 2 aromatic heterocycles. The minimum Gasteiger partial charge on any atom is -0.369 e. The Labute approximate surface area is 242 Å². The summed E-state index contributed by atoms with van der Waals surface area (Å²) < 4.78 is 1.19. The molecule has 208 valence electrons. The van der Waals surface area contributed by atoms with E-state index in [2.05, 4.69) is 38.7 Å². The first-order valence-corrected chi connectivity index (χ1v) is 13.3. The Morgan fingerprint density at radius 1 is 0.976 bits per heavy atom. The van der Waals surface area contributed by atoms with Gasteiger partial charge in [-0.25, -0.2) is 14.8 Å². The van der Waals surface area contributed by atoms with Gasteiger partial charge in [-0.15, -0.1) is 0 Å². The van der Waals surface area contributed by atoms with Gasteiger partial charge in [0.2, 0.25) is 5.95 Å². The molecule has 0 aliphatic carbocycles. The summed E-state index contributed by atoms with van der Waals surface area (Å²) in [5, 5.41) is 0.402. The third-order valence-corrected chi connectivity index (χ3v) is 7.29. The maximum Gasteiger partial charge on any atom is 0.324 e. The van der Waals surface area contributed by atoms with Crippen LogP contribution < -0.4 is 22.1 Å². The number of aromatic nitrogens is 3. The topological polar surface area (TPSA) is 149 Å². The molecule has 2 aromatic carbocycles. The third kappa shape index (κ3) is 5.59. The van der Waals surface area contributed by atoms with Gasteiger partial charge in [0.05, 0.1) is 28.2 Å². The number of anilines is 2. The summed E-state index contributed by atoms with van der Waals surface area (Å²) in [7, 11) is 2.11. The molecule has 2 amide bonds. The zero-order valence-corrected chi connectivity index (χ0v) is 23.4. The van der Waals surface area contributed by atoms with Gasteiger partial charge in [0.15, 0.2) is 0 Å². The van der Waals surface area contributed by atoms with Crippen LogP contribution in [0.3, 0.4) is 0 Å². The van der Waals surface area contributed by atoms with Gasteiger partial charge in [0, 0.05) is 54.2 Å². The van der Waals surface area contributed by atoms with E-state index in [1.165, 1.54) is 10.8 Å². The van der Waals surface area contributed by atoms with Crippen molar-refractivity contribution in [1.82, 2.24) is 19.4 Å². The lowest BCUT2D eigenvalue weighted by Crippen LogP contribution is -2.44. The largest absolute Gasteiger partial charge is 0.369 e. The average Bonchev–Trinajstić information content (AvgIpc) is 3.29. The van der Waals surface area contributed by atoms with Crippen LogP contribution in [-0.2, 0) is 0 Å². The van der Waals surface area contributed by atoms with Crippen molar-refractivity contribution >= 4 is 35.2 Å². The zero-order chi connectivity index (χ0) is 29.3. The Morgan fingerprint density at radius 3 is 2.41 bits per heavy atom. The summed E-state index contributed by atoms with van der Waals surface area (Å²) in [6.45, 7) is 5.57. The number of rotatable bonds is 4. The van der Waals surface area contributed by atoms with Crippen LogP contribution in [0.2, 0.25) is 5.02 Å². The second-order valence-corrected chi connectivity index (χ2v) is 10.3. The first-order chi connectivity index (χ1) is 19.6. The van der Waals surface area contributed by atoms with E-state index in [4.69, 9.17) is 28.8 Å². The maximum absolute atomic E-state index is 13.1. The molecular formula is C30H29ClN8O2. The highest BCUT2D eigenvalue weighted by molar-refractivity contribution is 6.31. The molecule has 6 N–H and O–H groups in total. The van der Waals surface area contributed by atoms with E-state index in [0.717, 1.165) is 43.0 Å². The summed E-state index contributed by atoms with van der Waals surface area (Å²) in [5.74, 6) is 5.46. The van der Waals surface area contributed by atoms with E-state index >= 15 is 0 Å². The fourth-order valence-corrected chi connectivity index (χ4v) is 5.16. The minimum absolute atomic E-state index is 0.0177. The number of nitrogens with two attached hydrogens (primary N) is 3. The van der Waals surface area contributed by atoms with Crippen molar-refractivity contribution in [2.75, 3.05) is 43.9 Å². The van der Waals surface area contributed by atoms with Crippen molar-refractivity contribution in [2.24, 2.45) is 11.5 Å². The minimum atomic E-state index is -0.862. The normalized spacial score (nSPS) is 13.5. The number of amides is 2. The van der Waals surface area contributed by atoms with Crippen molar-refractivity contribution in [2.45, 2.75) is 6.92 Å². The smallest absolute Gasteiger partial charge is 0.324 e. The van der Waals surface area contributed by atoms with Crippen LogP contribution >= 0.6 is 11.6 Å². The summed E-state index contributed by atoms with van der Waals surface area (Å²) in [4.78, 5) is 39.0. The lowest BCUT2D eigenvalue weighted by Gasteiger charge is -2.34. The number of carbonyl (C=O) groups excluding carboxylic acids is 2. The van der Waals surface area contributed by atoms with Gasteiger partial charge in [-0.05, 0) is 55.9 Å². The van der Waals surface area contributed by atoms with Gasteiger partial charge in [0.1, 0.15) is 0 Å². The van der Waals surface area contributed by atoms with Gasteiger partial charge < -0.3 is 27.0 Å². The van der Waals surface area contributed by atoms with E-state index in [0.29, 0.717) is 10.6 Å². The van der Waals surface area contributed by atoms with E-state index < -0.39 is 11.9 Å². The molecule has 0 radical (unpaired) electrons. The highest BCUT2D eigenvalue weighted by atomic mass is 35.5. The zero-order valence-electron chi connectivity index (χ0n) is 22.7. The summed E-state index contributed by atoms with van der Waals surface area (Å²) >= 11 is 6.33. The van der Waals surface area contributed by atoms with E-state index in [1.54, 1.807) is 24.3 Å². The van der Waals surface area contributed by atoms with Crippen molar-refractivity contribution < 1.29 is 9.59 Å². The summed E-state index contributed by atoms with van der Waals surface area (Å²) in [6.07, 6.45) is 1.45. The van der Waals surface area contributed by atoms with Crippen LogP contribution in [0.1, 0.15) is 27.0 Å². The van der Waals surface area contributed by atoms with Crippen LogP contribution in [0.25, 0.3) is 22.6 Å². The third-order valence-electron chi connectivity index (χ3n) is 7.06. The molecule has 1 aliphatic heterocycles. The van der Waals surface area contributed by atoms with Gasteiger partial charge in [-0.2, -0.15) is 0 Å². The fourth-order valence-electron chi connectivity index (χ4n) is 4.99. The second kappa shape index (κ2) is 11.3. The number of nitrogens with zero attached hydrogens (tertiary/aromatic N) is 5.